The molecule has 2 aliphatic heterocycles. The van der Waals surface area contributed by atoms with Gasteiger partial charge in [0.1, 0.15) is 54.6 Å². The summed E-state index contributed by atoms with van der Waals surface area (Å²) in [7, 11) is 0. The molecule has 0 bridgehead atoms. The van der Waals surface area contributed by atoms with Crippen molar-refractivity contribution in [3.05, 3.63) is 28.9 Å². The number of aliphatic hydroxyl groups excluding tert-OH is 7. The van der Waals surface area contributed by atoms with Crippen LogP contribution in [0.1, 0.15) is 0 Å². The lowest BCUT2D eigenvalue weighted by Gasteiger charge is -2.45. The number of halogens is 1. The molecule has 1 aromatic heterocycles. The Morgan fingerprint density at radius 2 is 1.52 bits per heavy atom. The molecule has 2 saturated heterocycles. The van der Waals surface area contributed by atoms with Gasteiger partial charge in [-0.05, 0) is 18.2 Å². The van der Waals surface area contributed by atoms with E-state index >= 15 is 0 Å². The van der Waals surface area contributed by atoms with Crippen LogP contribution in [0.25, 0.3) is 10.9 Å². The Labute approximate surface area is 196 Å². The normalized spacial score (nSPS) is 39.6. The maximum absolute atomic E-state index is 10.7. The fraction of sp³-hybridized carbons (Fsp3) is 0.600. The highest BCUT2D eigenvalue weighted by Crippen LogP contribution is 2.33. The van der Waals surface area contributed by atoms with E-state index in [1.165, 1.54) is 0 Å². The molecule has 4 rings (SSSR count). The second-order valence-corrected chi connectivity index (χ2v) is 8.88. The van der Waals surface area contributed by atoms with E-state index in [9.17, 15) is 35.7 Å². The zero-order valence-corrected chi connectivity index (χ0v) is 18.7. The third-order valence-corrected chi connectivity index (χ3v) is 6.30. The van der Waals surface area contributed by atoms with Gasteiger partial charge < -0.3 is 59.7 Å². The van der Waals surface area contributed by atoms with E-state index in [0.29, 0.717) is 11.1 Å². The molecule has 184 valence electrons. The highest BCUT2D eigenvalue weighted by atomic mass is 79.9. The Hall–Kier alpha value is -1.36. The number of ether oxygens (including phenoxy) is 4. The molecule has 1 aromatic carbocycles. The third-order valence-electron chi connectivity index (χ3n) is 5.81. The molecule has 10 atom stereocenters. The number of aliphatic hydroxyl groups is 7. The van der Waals surface area contributed by atoms with Gasteiger partial charge >= 0.3 is 0 Å². The average Bonchev–Trinajstić information content (AvgIpc) is 3.20. The van der Waals surface area contributed by atoms with Crippen molar-refractivity contribution in [3.8, 4) is 5.75 Å². The highest BCUT2D eigenvalue weighted by molar-refractivity contribution is 9.10. The molecular weight excluding hydrogens is 510 g/mol. The Balaban J connectivity index is 1.49. The van der Waals surface area contributed by atoms with Gasteiger partial charge in [-0.1, -0.05) is 15.9 Å². The molecule has 0 spiro atoms. The lowest BCUT2D eigenvalue weighted by molar-refractivity contribution is -0.352. The lowest BCUT2D eigenvalue weighted by atomic mass is 9.97. The van der Waals surface area contributed by atoms with Crippen LogP contribution >= 0.6 is 15.9 Å². The molecule has 0 radical (unpaired) electrons. The minimum absolute atomic E-state index is 0.340. The number of H-pyrrole nitrogens is 1. The number of benzene rings is 1. The number of aromatic nitrogens is 1. The van der Waals surface area contributed by atoms with Crippen molar-refractivity contribution in [2.75, 3.05) is 13.2 Å². The van der Waals surface area contributed by atoms with Gasteiger partial charge in [0.25, 0.3) is 0 Å². The molecular formula is C20H26BrNO11. The standard InChI is InChI=1S/C20H26BrNO11/c21-7-1-2-9-8(3-7)10(4-22-9)30-19-17(29)15(27)18(12(6-24)32-19)33-20-16(28)14(26)13(25)11(5-23)31-20/h1-4,11-20,22-29H,5-6H2/t11-,12-,13-,14+,15-,16-,17-,18-,19-,20+/m1/s1. The van der Waals surface area contributed by atoms with Gasteiger partial charge in [-0.25, -0.2) is 0 Å². The fourth-order valence-electron chi connectivity index (χ4n) is 3.94. The monoisotopic (exact) mass is 535 g/mol. The van der Waals surface area contributed by atoms with E-state index in [1.54, 1.807) is 12.3 Å². The van der Waals surface area contributed by atoms with Gasteiger partial charge in [0, 0.05) is 21.6 Å². The lowest BCUT2D eigenvalue weighted by Crippen LogP contribution is -2.65. The number of hydrogen-bond acceptors (Lipinski definition) is 11. The van der Waals surface area contributed by atoms with Gasteiger partial charge in [-0.3, -0.25) is 0 Å². The number of rotatable bonds is 6. The Bertz CT molecular complexity index is 940. The number of fused-ring (bicyclic) bond motifs is 1. The van der Waals surface area contributed by atoms with Crippen molar-refractivity contribution < 1.29 is 54.7 Å². The van der Waals surface area contributed by atoms with E-state index < -0.39 is 74.6 Å². The van der Waals surface area contributed by atoms with Crippen LogP contribution in [0.5, 0.6) is 5.75 Å². The summed E-state index contributed by atoms with van der Waals surface area (Å²) in [6, 6.07) is 5.45. The van der Waals surface area contributed by atoms with Gasteiger partial charge in [-0.2, -0.15) is 0 Å². The first-order valence-corrected chi connectivity index (χ1v) is 11.1. The van der Waals surface area contributed by atoms with Gasteiger partial charge in [0.2, 0.25) is 6.29 Å². The van der Waals surface area contributed by atoms with Crippen molar-refractivity contribution in [1.82, 2.24) is 4.98 Å². The van der Waals surface area contributed by atoms with E-state index in [4.69, 9.17) is 18.9 Å². The highest BCUT2D eigenvalue weighted by Gasteiger charge is 2.51. The maximum Gasteiger partial charge on any atom is 0.229 e. The molecule has 13 heteroatoms. The van der Waals surface area contributed by atoms with Crippen molar-refractivity contribution in [2.45, 2.75) is 61.4 Å². The largest absolute Gasteiger partial charge is 0.460 e. The van der Waals surface area contributed by atoms with E-state index in [1.807, 2.05) is 12.1 Å². The average molecular weight is 536 g/mol. The number of aromatic amines is 1. The molecule has 2 aromatic rings. The van der Waals surface area contributed by atoms with Crippen LogP contribution in [-0.4, -0.2) is 115 Å². The maximum atomic E-state index is 10.7. The van der Waals surface area contributed by atoms with E-state index in [-0.39, 0.29) is 0 Å². The molecule has 2 fully saturated rings. The molecule has 12 nitrogen and oxygen atoms in total. The summed E-state index contributed by atoms with van der Waals surface area (Å²) in [5.74, 6) is 0.340. The van der Waals surface area contributed by atoms with Gasteiger partial charge in [-0.15, -0.1) is 0 Å². The summed E-state index contributed by atoms with van der Waals surface area (Å²) >= 11 is 3.37. The Kier molecular flexibility index (Phi) is 7.57. The molecule has 0 aliphatic carbocycles. The second kappa shape index (κ2) is 10.1. The number of hydrogen-bond donors (Lipinski definition) is 8. The smallest absolute Gasteiger partial charge is 0.229 e. The zero-order valence-electron chi connectivity index (χ0n) is 17.1. The van der Waals surface area contributed by atoms with E-state index in [2.05, 4.69) is 20.9 Å². The van der Waals surface area contributed by atoms with Crippen molar-refractivity contribution in [3.63, 3.8) is 0 Å². The predicted molar refractivity (Wildman–Crippen MR) is 113 cm³/mol. The summed E-state index contributed by atoms with van der Waals surface area (Å²) < 4.78 is 23.0. The van der Waals surface area contributed by atoms with Crippen LogP contribution in [0, 0.1) is 0 Å². The zero-order chi connectivity index (χ0) is 23.9. The minimum atomic E-state index is -1.73. The summed E-state index contributed by atoms with van der Waals surface area (Å²) in [4.78, 5) is 3.01. The van der Waals surface area contributed by atoms with E-state index in [0.717, 1.165) is 9.99 Å². The summed E-state index contributed by atoms with van der Waals surface area (Å²) in [5.41, 5.74) is 0.765. The van der Waals surface area contributed by atoms with Gasteiger partial charge in [0.15, 0.2) is 6.29 Å². The van der Waals surface area contributed by atoms with Crippen LogP contribution in [0.15, 0.2) is 28.9 Å². The molecule has 2 aliphatic rings. The topological polar surface area (TPSA) is 194 Å². The Morgan fingerprint density at radius 3 is 2.21 bits per heavy atom. The summed E-state index contributed by atoms with van der Waals surface area (Å²) in [6.07, 6.45) is -13.5. The SMILES string of the molecule is OC[C@H]1O[C@@H](O[C@H]2[C@H](O)[C@@H](O)[C@H](Oc3c[nH]c4ccc(Br)cc34)O[C@@H]2CO)[C@H](O)[C@@H](O)[C@@H]1O. The first-order valence-electron chi connectivity index (χ1n) is 10.3. The minimum Gasteiger partial charge on any atom is -0.460 e. The summed E-state index contributed by atoms with van der Waals surface area (Å²) in [6.45, 7) is -1.32. The molecule has 8 N–H and O–H groups in total. The molecule has 0 amide bonds. The number of nitrogens with one attached hydrogen (secondary N) is 1. The fourth-order valence-corrected chi connectivity index (χ4v) is 4.30. The second-order valence-electron chi connectivity index (χ2n) is 7.97. The Morgan fingerprint density at radius 1 is 0.848 bits per heavy atom. The first kappa shape index (κ1) is 24.8. The van der Waals surface area contributed by atoms with Crippen LogP contribution in [0.4, 0.5) is 0 Å². The van der Waals surface area contributed by atoms with Crippen LogP contribution in [-0.2, 0) is 14.2 Å². The molecule has 0 unspecified atom stereocenters. The van der Waals surface area contributed by atoms with Crippen molar-refractivity contribution in [1.29, 1.82) is 0 Å². The molecule has 3 heterocycles. The third kappa shape index (κ3) is 4.76. The van der Waals surface area contributed by atoms with Crippen LogP contribution in [0.3, 0.4) is 0 Å². The van der Waals surface area contributed by atoms with Crippen LogP contribution < -0.4 is 4.74 Å². The first-order chi connectivity index (χ1) is 15.7. The molecule has 0 saturated carbocycles. The van der Waals surface area contributed by atoms with Gasteiger partial charge in [0.05, 0.1) is 13.2 Å². The summed E-state index contributed by atoms with van der Waals surface area (Å²) in [5, 5.41) is 71.2. The predicted octanol–water partition coefficient (Wildman–Crippen LogP) is -2.07. The van der Waals surface area contributed by atoms with Crippen LogP contribution in [0.2, 0.25) is 0 Å². The molecule has 33 heavy (non-hydrogen) atoms. The quantitative estimate of drug-likeness (QED) is 0.202. The van der Waals surface area contributed by atoms with Crippen molar-refractivity contribution >= 4 is 26.8 Å². The van der Waals surface area contributed by atoms with Crippen molar-refractivity contribution in [2.24, 2.45) is 0 Å².